The smallest absolute Gasteiger partial charge is 0.270 e. The van der Waals surface area contributed by atoms with Gasteiger partial charge in [0.1, 0.15) is 17.7 Å². The van der Waals surface area contributed by atoms with E-state index >= 15 is 0 Å². The van der Waals surface area contributed by atoms with Gasteiger partial charge in [-0.15, -0.1) is 0 Å². The van der Waals surface area contributed by atoms with Crippen molar-refractivity contribution in [2.45, 2.75) is 32.2 Å². The van der Waals surface area contributed by atoms with Gasteiger partial charge in [0, 0.05) is 44.1 Å². The van der Waals surface area contributed by atoms with Crippen molar-refractivity contribution < 1.29 is 13.9 Å². The first kappa shape index (κ1) is 21.1. The zero-order chi connectivity index (χ0) is 22.6. The highest BCUT2D eigenvalue weighted by atomic mass is 16.5. The molecule has 1 aromatic carbocycles. The lowest BCUT2D eigenvalue weighted by Crippen LogP contribution is -2.39. The Balaban J connectivity index is 1.39. The quantitative estimate of drug-likeness (QED) is 0.488. The lowest BCUT2D eigenvalue weighted by Gasteiger charge is -2.23. The fourth-order valence-electron chi connectivity index (χ4n) is 3.94. The Bertz CT molecular complexity index is 1230. The van der Waals surface area contributed by atoms with Gasteiger partial charge in [0.05, 0.1) is 0 Å². The highest BCUT2D eigenvalue weighted by Crippen LogP contribution is 2.21. The number of pyridine rings is 1. The molecule has 5 rings (SSSR count). The van der Waals surface area contributed by atoms with Crippen molar-refractivity contribution >= 4 is 5.91 Å². The first-order chi connectivity index (χ1) is 16.1. The van der Waals surface area contributed by atoms with E-state index in [-0.39, 0.29) is 11.9 Å². The number of aryl methyl sites for hydroxylation is 1. The van der Waals surface area contributed by atoms with Crippen molar-refractivity contribution in [2.75, 3.05) is 13.2 Å². The summed E-state index contributed by atoms with van der Waals surface area (Å²) in [6.45, 7) is 3.16. The van der Waals surface area contributed by atoms with Gasteiger partial charge in [0.2, 0.25) is 0 Å². The van der Waals surface area contributed by atoms with Crippen LogP contribution in [0.25, 0.3) is 17.1 Å². The minimum Gasteiger partial charge on any atom is -0.449 e. The van der Waals surface area contributed by atoms with E-state index in [0.717, 1.165) is 35.2 Å². The Morgan fingerprint density at radius 3 is 2.64 bits per heavy atom. The highest BCUT2D eigenvalue weighted by molar-refractivity contribution is 5.93. The number of hydrogen-bond acceptors (Lipinski definition) is 6. The molecule has 0 unspecified atom stereocenters. The minimum absolute atomic E-state index is 0.109. The van der Waals surface area contributed by atoms with Crippen LogP contribution in [-0.2, 0) is 11.2 Å². The molecule has 3 aromatic heterocycles. The van der Waals surface area contributed by atoms with E-state index in [9.17, 15) is 4.79 Å². The Labute approximate surface area is 191 Å². The SMILES string of the molecule is Cc1nc(-c2ccc(Cc3cc(C(=O)NC4CCOCC4)nc(-n4cccn4)c3)cc2)co1. The van der Waals surface area contributed by atoms with Gasteiger partial charge in [-0.2, -0.15) is 5.10 Å². The number of nitrogens with one attached hydrogen (secondary N) is 1. The minimum atomic E-state index is -0.172. The van der Waals surface area contributed by atoms with Crippen LogP contribution < -0.4 is 5.32 Å². The third-order valence-electron chi connectivity index (χ3n) is 5.68. The predicted molar refractivity (Wildman–Crippen MR) is 122 cm³/mol. The summed E-state index contributed by atoms with van der Waals surface area (Å²) in [7, 11) is 0. The van der Waals surface area contributed by atoms with Crippen LogP contribution in [0.5, 0.6) is 0 Å². The highest BCUT2D eigenvalue weighted by Gasteiger charge is 2.19. The largest absolute Gasteiger partial charge is 0.449 e. The summed E-state index contributed by atoms with van der Waals surface area (Å²) in [4.78, 5) is 21.9. The third-order valence-corrected chi connectivity index (χ3v) is 5.68. The molecule has 168 valence electrons. The number of oxazole rings is 1. The zero-order valence-corrected chi connectivity index (χ0v) is 18.4. The summed E-state index contributed by atoms with van der Waals surface area (Å²) in [5.74, 6) is 1.08. The molecule has 1 fully saturated rings. The molecule has 1 amide bonds. The molecule has 1 N–H and O–H groups in total. The van der Waals surface area contributed by atoms with Crippen molar-refractivity contribution in [2.24, 2.45) is 0 Å². The van der Waals surface area contributed by atoms with E-state index in [4.69, 9.17) is 9.15 Å². The van der Waals surface area contributed by atoms with Crippen LogP contribution in [0.1, 0.15) is 40.3 Å². The van der Waals surface area contributed by atoms with Gasteiger partial charge in [-0.1, -0.05) is 24.3 Å². The third kappa shape index (κ3) is 5.01. The molecule has 8 heteroatoms. The number of ether oxygens (including phenoxy) is 1. The molecule has 33 heavy (non-hydrogen) atoms. The maximum absolute atomic E-state index is 13.0. The summed E-state index contributed by atoms with van der Waals surface area (Å²) in [6.07, 6.45) is 7.46. The van der Waals surface area contributed by atoms with Crippen molar-refractivity contribution in [3.05, 3.63) is 83.8 Å². The second kappa shape index (κ2) is 9.38. The number of rotatable bonds is 6. The summed E-state index contributed by atoms with van der Waals surface area (Å²) in [6, 6.07) is 14.0. The number of benzene rings is 1. The van der Waals surface area contributed by atoms with Crippen molar-refractivity contribution in [3.63, 3.8) is 0 Å². The molecule has 0 spiro atoms. The molecule has 0 saturated carbocycles. The van der Waals surface area contributed by atoms with Crippen molar-refractivity contribution in [3.8, 4) is 17.1 Å². The van der Waals surface area contributed by atoms with Gasteiger partial charge < -0.3 is 14.5 Å². The summed E-state index contributed by atoms with van der Waals surface area (Å²) in [5, 5.41) is 7.39. The van der Waals surface area contributed by atoms with Crippen LogP contribution in [0, 0.1) is 6.92 Å². The van der Waals surface area contributed by atoms with E-state index in [1.165, 1.54) is 0 Å². The van der Waals surface area contributed by atoms with E-state index in [2.05, 4.69) is 32.5 Å². The molecule has 4 heterocycles. The maximum atomic E-state index is 13.0. The molecule has 8 nitrogen and oxygen atoms in total. The molecule has 0 radical (unpaired) electrons. The molecular weight excluding hydrogens is 418 g/mol. The van der Waals surface area contributed by atoms with Crippen LogP contribution in [0.3, 0.4) is 0 Å². The fourth-order valence-corrected chi connectivity index (χ4v) is 3.94. The van der Waals surface area contributed by atoms with Crippen LogP contribution in [-0.4, -0.2) is 44.9 Å². The Morgan fingerprint density at radius 2 is 1.94 bits per heavy atom. The normalized spacial score (nSPS) is 14.3. The lowest BCUT2D eigenvalue weighted by atomic mass is 10.0. The average molecular weight is 444 g/mol. The van der Waals surface area contributed by atoms with Crippen LogP contribution in [0.15, 0.2) is 65.5 Å². The van der Waals surface area contributed by atoms with Crippen LogP contribution >= 0.6 is 0 Å². The van der Waals surface area contributed by atoms with E-state index in [1.54, 1.807) is 17.1 Å². The van der Waals surface area contributed by atoms with E-state index < -0.39 is 0 Å². The van der Waals surface area contributed by atoms with E-state index in [1.807, 2.05) is 43.5 Å². The lowest BCUT2D eigenvalue weighted by molar-refractivity contribution is 0.0694. The fraction of sp³-hybridized carbons (Fsp3) is 0.280. The van der Waals surface area contributed by atoms with Crippen LogP contribution in [0.4, 0.5) is 0 Å². The summed E-state index contributed by atoms with van der Waals surface area (Å²) >= 11 is 0. The van der Waals surface area contributed by atoms with Gasteiger partial charge in [-0.3, -0.25) is 4.79 Å². The molecule has 1 aliphatic rings. The first-order valence-electron chi connectivity index (χ1n) is 11.0. The summed E-state index contributed by atoms with van der Waals surface area (Å²) in [5.41, 5.74) is 4.30. The van der Waals surface area contributed by atoms with Gasteiger partial charge in [0.15, 0.2) is 11.7 Å². The Morgan fingerprint density at radius 1 is 1.12 bits per heavy atom. The van der Waals surface area contributed by atoms with Gasteiger partial charge in [-0.25, -0.2) is 14.6 Å². The summed E-state index contributed by atoms with van der Waals surface area (Å²) < 4.78 is 12.4. The second-order valence-electron chi connectivity index (χ2n) is 8.16. The molecule has 0 atom stereocenters. The number of amides is 1. The maximum Gasteiger partial charge on any atom is 0.270 e. The van der Waals surface area contributed by atoms with Crippen molar-refractivity contribution in [1.82, 2.24) is 25.1 Å². The number of carbonyl (C=O) groups excluding carboxylic acids is 1. The van der Waals surface area contributed by atoms with Gasteiger partial charge >= 0.3 is 0 Å². The monoisotopic (exact) mass is 443 g/mol. The van der Waals surface area contributed by atoms with Gasteiger partial charge in [-0.05, 0) is 48.6 Å². The average Bonchev–Trinajstić information content (AvgIpc) is 3.52. The molecule has 1 saturated heterocycles. The molecule has 4 aromatic rings. The van der Waals surface area contributed by atoms with Crippen molar-refractivity contribution in [1.29, 1.82) is 0 Å². The standard InChI is InChI=1S/C25H25N5O3/c1-17-27-23(16-33-17)20-5-3-18(4-6-20)13-19-14-22(25(31)28-21-7-11-32-12-8-21)29-24(15-19)30-10-2-9-26-30/h2-6,9-10,14-16,21H,7-8,11-13H2,1H3,(H,28,31). The van der Waals surface area contributed by atoms with E-state index in [0.29, 0.717) is 37.0 Å². The first-order valence-corrected chi connectivity index (χ1v) is 11.0. The second-order valence-corrected chi connectivity index (χ2v) is 8.16. The zero-order valence-electron chi connectivity index (χ0n) is 18.4. The predicted octanol–water partition coefficient (Wildman–Crippen LogP) is 3.73. The molecule has 0 aliphatic carbocycles. The van der Waals surface area contributed by atoms with Gasteiger partial charge in [0.25, 0.3) is 5.91 Å². The number of hydrogen-bond donors (Lipinski definition) is 1. The Hall–Kier alpha value is -3.78. The van der Waals surface area contributed by atoms with Crippen LogP contribution in [0.2, 0.25) is 0 Å². The topological polar surface area (TPSA) is 95.1 Å². The number of carbonyl (C=O) groups is 1. The molecule has 1 aliphatic heterocycles. The number of nitrogens with zero attached hydrogens (tertiary/aromatic N) is 4. The molecule has 0 bridgehead atoms. The number of aromatic nitrogens is 4. The Kier molecular flexibility index (Phi) is 5.99. The molecular formula is C25H25N5O3.